The number of hydrogen-bond acceptors (Lipinski definition) is 0. The van der Waals surface area contributed by atoms with Crippen LogP contribution in [0.3, 0.4) is 0 Å². The molecule has 0 unspecified atom stereocenters. The largest absolute Gasteiger partial charge is 0.103 e. The molecule has 2 radical (unpaired) electrons. The Morgan fingerprint density at radius 3 is 0.958 bits per heavy atom. The molecular weight excluding hydrogens is 288 g/mol. The van der Waals surface area contributed by atoms with Crippen LogP contribution in [0.2, 0.25) is 0 Å². The highest BCUT2D eigenvalue weighted by Gasteiger charge is 1.94. The minimum absolute atomic E-state index is 1.05. The van der Waals surface area contributed by atoms with E-state index in [0.717, 1.165) is 25.7 Å². The molecule has 0 spiro atoms. The fourth-order valence-electron chi connectivity index (χ4n) is 3.08. The molecule has 0 aromatic carbocycles. The summed E-state index contributed by atoms with van der Waals surface area (Å²) in [6.07, 6.45) is 26.6. The second-order valence-electron chi connectivity index (χ2n) is 7.22. The maximum absolute atomic E-state index is 3.90. The van der Waals surface area contributed by atoms with Crippen molar-refractivity contribution in [3.8, 4) is 11.8 Å². The average Bonchev–Trinajstić information content (AvgIpc) is 2.60. The molecular formula is C24H44. The molecule has 0 amide bonds. The lowest BCUT2D eigenvalue weighted by Crippen LogP contribution is -1.83. The molecule has 0 aliphatic carbocycles. The molecule has 140 valence electrons. The number of unbranched alkanes of at least 4 members (excludes halogenated alkanes) is 18. The van der Waals surface area contributed by atoms with E-state index < -0.39 is 0 Å². The van der Waals surface area contributed by atoms with Crippen LogP contribution in [0.25, 0.3) is 0 Å². The molecule has 24 heavy (non-hydrogen) atoms. The first kappa shape index (κ1) is 23.6. The van der Waals surface area contributed by atoms with Crippen molar-refractivity contribution in [2.24, 2.45) is 0 Å². The van der Waals surface area contributed by atoms with Crippen LogP contribution in [0.1, 0.15) is 128 Å². The van der Waals surface area contributed by atoms with Gasteiger partial charge in [0.15, 0.2) is 0 Å². The van der Waals surface area contributed by atoms with Crippen molar-refractivity contribution in [2.45, 2.75) is 128 Å². The summed E-state index contributed by atoms with van der Waals surface area (Å²) < 4.78 is 0. The second kappa shape index (κ2) is 22.6. The van der Waals surface area contributed by atoms with E-state index in [1.165, 1.54) is 103 Å². The zero-order valence-electron chi connectivity index (χ0n) is 16.6. The summed E-state index contributed by atoms with van der Waals surface area (Å²) in [6.45, 7) is 7.75. The third-order valence-corrected chi connectivity index (χ3v) is 4.73. The van der Waals surface area contributed by atoms with Crippen LogP contribution in [0.4, 0.5) is 0 Å². The van der Waals surface area contributed by atoms with Gasteiger partial charge in [-0.05, 0) is 12.8 Å². The molecule has 0 aromatic heterocycles. The Morgan fingerprint density at radius 1 is 0.333 bits per heavy atom. The van der Waals surface area contributed by atoms with Gasteiger partial charge in [0.2, 0.25) is 0 Å². The van der Waals surface area contributed by atoms with Crippen LogP contribution in [-0.2, 0) is 0 Å². The Hall–Kier alpha value is -0.440. The van der Waals surface area contributed by atoms with Gasteiger partial charge in [-0.2, -0.15) is 0 Å². The molecule has 0 nitrogen and oxygen atoms in total. The van der Waals surface area contributed by atoms with E-state index in [1.54, 1.807) is 0 Å². The van der Waals surface area contributed by atoms with Crippen LogP contribution in [0.5, 0.6) is 0 Å². The number of rotatable bonds is 18. The maximum atomic E-state index is 3.90. The molecule has 0 fully saturated rings. The summed E-state index contributed by atoms with van der Waals surface area (Å²) in [4.78, 5) is 0. The summed E-state index contributed by atoms with van der Waals surface area (Å²) in [7, 11) is 0. The van der Waals surface area contributed by atoms with Gasteiger partial charge in [-0.1, -0.05) is 117 Å². The normalized spacial score (nSPS) is 10.6. The van der Waals surface area contributed by atoms with Gasteiger partial charge in [-0.25, -0.2) is 0 Å². The second-order valence-corrected chi connectivity index (χ2v) is 7.22. The van der Waals surface area contributed by atoms with E-state index in [4.69, 9.17) is 0 Å². The van der Waals surface area contributed by atoms with Crippen molar-refractivity contribution in [3.05, 3.63) is 13.8 Å². The molecule has 0 aliphatic rings. The zero-order valence-corrected chi connectivity index (χ0v) is 16.6. The van der Waals surface area contributed by atoms with Gasteiger partial charge < -0.3 is 0 Å². The average molecular weight is 333 g/mol. The van der Waals surface area contributed by atoms with Gasteiger partial charge in [-0.3, -0.25) is 0 Å². The van der Waals surface area contributed by atoms with Gasteiger partial charge >= 0.3 is 0 Å². The maximum Gasteiger partial charge on any atom is 0.00886 e. The van der Waals surface area contributed by atoms with E-state index in [9.17, 15) is 0 Å². The Bertz CT molecular complexity index is 267. The predicted molar refractivity (Wildman–Crippen MR) is 111 cm³/mol. The first-order chi connectivity index (χ1) is 11.9. The van der Waals surface area contributed by atoms with Crippen LogP contribution in [-0.4, -0.2) is 0 Å². The molecule has 0 rings (SSSR count). The van der Waals surface area contributed by atoms with Crippen LogP contribution in [0.15, 0.2) is 0 Å². The molecule has 0 N–H and O–H groups in total. The van der Waals surface area contributed by atoms with Gasteiger partial charge in [0.25, 0.3) is 0 Å². The van der Waals surface area contributed by atoms with Gasteiger partial charge in [0.1, 0.15) is 0 Å². The van der Waals surface area contributed by atoms with Crippen molar-refractivity contribution >= 4 is 0 Å². The van der Waals surface area contributed by atoms with Crippen molar-refractivity contribution in [1.82, 2.24) is 0 Å². The van der Waals surface area contributed by atoms with Gasteiger partial charge in [0, 0.05) is 12.8 Å². The highest BCUT2D eigenvalue weighted by Crippen LogP contribution is 2.13. The van der Waals surface area contributed by atoms with Crippen LogP contribution < -0.4 is 0 Å². The van der Waals surface area contributed by atoms with Crippen LogP contribution >= 0.6 is 0 Å². The Morgan fingerprint density at radius 2 is 0.583 bits per heavy atom. The van der Waals surface area contributed by atoms with Crippen molar-refractivity contribution in [1.29, 1.82) is 0 Å². The highest BCUT2D eigenvalue weighted by atomic mass is 14.0. The molecule has 0 saturated carbocycles. The quantitative estimate of drug-likeness (QED) is 0.174. The Labute approximate surface area is 154 Å². The van der Waals surface area contributed by atoms with E-state index in [-0.39, 0.29) is 0 Å². The van der Waals surface area contributed by atoms with E-state index in [2.05, 4.69) is 25.7 Å². The van der Waals surface area contributed by atoms with Gasteiger partial charge in [0.05, 0.1) is 0 Å². The lowest BCUT2D eigenvalue weighted by atomic mass is 10.0. The smallest absolute Gasteiger partial charge is 0.00886 e. The van der Waals surface area contributed by atoms with E-state index >= 15 is 0 Å². The summed E-state index contributed by atoms with van der Waals surface area (Å²) >= 11 is 0. The van der Waals surface area contributed by atoms with Crippen LogP contribution in [0, 0.1) is 25.7 Å². The molecule has 0 atom stereocenters. The monoisotopic (exact) mass is 332 g/mol. The van der Waals surface area contributed by atoms with Crippen molar-refractivity contribution < 1.29 is 0 Å². The topological polar surface area (TPSA) is 0 Å². The molecule has 0 aromatic rings. The fraction of sp³-hybridized carbons (Fsp3) is 0.833. The Kier molecular flexibility index (Phi) is 22.1. The SMILES string of the molecule is [CH2]CCCCC#CCCCCCCCCCCCCCCCC[CH2]. The third kappa shape index (κ3) is 21.6. The van der Waals surface area contributed by atoms with Crippen molar-refractivity contribution in [2.75, 3.05) is 0 Å². The standard InChI is InChI=1S/C24H44/c1-3-5-7-9-11-13-15-17-19-21-23-24-22-20-18-16-14-12-10-8-6-4-2/h1-11,13,15-24H2. The Balaban J connectivity index is 3.02. The van der Waals surface area contributed by atoms with Gasteiger partial charge in [-0.15, -0.1) is 11.8 Å². The summed E-state index contributed by atoms with van der Waals surface area (Å²) in [5.74, 6) is 6.61. The van der Waals surface area contributed by atoms with E-state index in [1.807, 2.05) is 0 Å². The molecule has 0 aliphatic heterocycles. The lowest BCUT2D eigenvalue weighted by molar-refractivity contribution is 0.534. The lowest BCUT2D eigenvalue weighted by Gasteiger charge is -2.03. The first-order valence-corrected chi connectivity index (χ1v) is 11.0. The molecule has 0 saturated heterocycles. The molecule has 0 heteroatoms. The fourth-order valence-corrected chi connectivity index (χ4v) is 3.08. The minimum Gasteiger partial charge on any atom is -0.103 e. The van der Waals surface area contributed by atoms with E-state index in [0.29, 0.717) is 0 Å². The molecule has 0 heterocycles. The van der Waals surface area contributed by atoms with Crippen molar-refractivity contribution in [3.63, 3.8) is 0 Å². The third-order valence-electron chi connectivity index (χ3n) is 4.73. The summed E-state index contributed by atoms with van der Waals surface area (Å²) in [6, 6.07) is 0. The predicted octanol–water partition coefficient (Wildman–Crippen LogP) is 8.46. The zero-order chi connectivity index (χ0) is 17.6. The first-order valence-electron chi connectivity index (χ1n) is 11.0. The highest BCUT2D eigenvalue weighted by molar-refractivity contribution is 4.98. The number of hydrogen-bond donors (Lipinski definition) is 0. The summed E-state index contributed by atoms with van der Waals surface area (Å²) in [5, 5.41) is 0. The molecule has 0 bridgehead atoms. The minimum atomic E-state index is 1.05. The summed E-state index contributed by atoms with van der Waals surface area (Å²) in [5.41, 5.74) is 0.